The van der Waals surface area contributed by atoms with Gasteiger partial charge in [-0.15, -0.1) is 11.3 Å². The second kappa shape index (κ2) is 6.23. The number of halogens is 2. The van der Waals surface area contributed by atoms with E-state index in [1.165, 1.54) is 11.3 Å². The van der Waals surface area contributed by atoms with Gasteiger partial charge >= 0.3 is 5.97 Å². The van der Waals surface area contributed by atoms with Gasteiger partial charge in [-0.1, -0.05) is 0 Å². The SMILES string of the molecule is Cc1cc(C(=O)O)c(NC(=O)c2cc(I)ccc2Br)s1. The second-order valence-corrected chi connectivity index (χ2v) is 7.34. The topological polar surface area (TPSA) is 66.4 Å². The lowest BCUT2D eigenvalue weighted by molar-refractivity contribution is 0.0698. The molecule has 0 bridgehead atoms. The molecule has 0 fully saturated rings. The van der Waals surface area contributed by atoms with Crippen molar-refractivity contribution in [3.05, 3.63) is 48.3 Å². The average Bonchev–Trinajstić information content (AvgIpc) is 2.73. The first-order valence-corrected chi connectivity index (χ1v) is 8.17. The van der Waals surface area contributed by atoms with Gasteiger partial charge in [-0.05, 0) is 69.7 Å². The van der Waals surface area contributed by atoms with Crippen molar-refractivity contribution < 1.29 is 14.7 Å². The van der Waals surface area contributed by atoms with Gasteiger partial charge in [0.15, 0.2) is 0 Å². The normalized spacial score (nSPS) is 10.3. The highest BCUT2D eigenvalue weighted by Gasteiger charge is 2.18. The zero-order valence-electron chi connectivity index (χ0n) is 10.2. The number of carboxylic acid groups (broad SMARTS) is 1. The molecular weight excluding hydrogens is 457 g/mol. The van der Waals surface area contributed by atoms with E-state index in [9.17, 15) is 9.59 Å². The Morgan fingerprint density at radius 3 is 2.65 bits per heavy atom. The van der Waals surface area contributed by atoms with Gasteiger partial charge in [0.05, 0.1) is 11.1 Å². The molecule has 0 radical (unpaired) electrons. The molecule has 0 saturated heterocycles. The second-order valence-electron chi connectivity index (χ2n) is 3.98. The Hall–Kier alpha value is -0.930. The molecule has 1 amide bonds. The summed E-state index contributed by atoms with van der Waals surface area (Å²) in [5.74, 6) is -1.38. The number of benzene rings is 1. The summed E-state index contributed by atoms with van der Waals surface area (Å²) in [6, 6.07) is 6.95. The molecule has 7 heteroatoms. The molecule has 1 heterocycles. The molecular formula is C13H9BrINO3S. The third kappa shape index (κ3) is 3.39. The van der Waals surface area contributed by atoms with E-state index >= 15 is 0 Å². The lowest BCUT2D eigenvalue weighted by Crippen LogP contribution is -2.14. The minimum absolute atomic E-state index is 0.114. The number of rotatable bonds is 3. The predicted octanol–water partition coefficient (Wildman–Crippen LogP) is 4.37. The number of hydrogen-bond acceptors (Lipinski definition) is 3. The third-order valence-corrected chi connectivity index (χ3v) is 4.81. The van der Waals surface area contributed by atoms with E-state index in [4.69, 9.17) is 5.11 Å². The number of aromatic carboxylic acids is 1. The van der Waals surface area contributed by atoms with E-state index in [-0.39, 0.29) is 11.5 Å². The highest BCUT2D eigenvalue weighted by molar-refractivity contribution is 14.1. The molecule has 0 spiro atoms. The molecule has 0 aliphatic carbocycles. The lowest BCUT2D eigenvalue weighted by Gasteiger charge is -2.06. The van der Waals surface area contributed by atoms with E-state index in [1.54, 1.807) is 25.1 Å². The molecule has 0 aliphatic rings. The number of thiophene rings is 1. The zero-order valence-corrected chi connectivity index (χ0v) is 14.8. The van der Waals surface area contributed by atoms with Crippen molar-refractivity contribution in [3.8, 4) is 0 Å². The minimum Gasteiger partial charge on any atom is -0.478 e. The Bertz CT molecular complexity index is 699. The maximum absolute atomic E-state index is 12.2. The van der Waals surface area contributed by atoms with Crippen molar-refractivity contribution in [2.24, 2.45) is 0 Å². The Kier molecular flexibility index (Phi) is 4.82. The van der Waals surface area contributed by atoms with Crippen LogP contribution in [0.2, 0.25) is 0 Å². The first-order valence-electron chi connectivity index (χ1n) is 5.48. The number of carbonyl (C=O) groups is 2. The van der Waals surface area contributed by atoms with E-state index < -0.39 is 5.97 Å². The maximum atomic E-state index is 12.2. The highest BCUT2D eigenvalue weighted by atomic mass is 127. The van der Waals surface area contributed by atoms with Crippen LogP contribution in [0.5, 0.6) is 0 Å². The van der Waals surface area contributed by atoms with Crippen LogP contribution >= 0.6 is 49.9 Å². The molecule has 104 valence electrons. The molecule has 1 aromatic carbocycles. The van der Waals surface area contributed by atoms with E-state index in [1.807, 2.05) is 6.07 Å². The summed E-state index contributed by atoms with van der Waals surface area (Å²) in [7, 11) is 0. The van der Waals surface area contributed by atoms with Gasteiger partial charge in [-0.2, -0.15) is 0 Å². The number of carbonyl (C=O) groups excluding carboxylic acids is 1. The fraction of sp³-hybridized carbons (Fsp3) is 0.0769. The summed E-state index contributed by atoms with van der Waals surface area (Å²) >= 11 is 6.68. The molecule has 0 unspecified atom stereocenters. The molecule has 0 aliphatic heterocycles. The Morgan fingerprint density at radius 2 is 2.00 bits per heavy atom. The van der Waals surface area contributed by atoms with Gasteiger partial charge in [-0.25, -0.2) is 4.79 Å². The first-order chi connectivity index (χ1) is 9.38. The van der Waals surface area contributed by atoms with Crippen molar-refractivity contribution in [2.45, 2.75) is 6.92 Å². The van der Waals surface area contributed by atoms with E-state index in [2.05, 4.69) is 43.8 Å². The number of anilines is 1. The van der Waals surface area contributed by atoms with Gasteiger partial charge in [0.25, 0.3) is 5.91 Å². The van der Waals surface area contributed by atoms with Gasteiger partial charge in [0.2, 0.25) is 0 Å². The van der Waals surface area contributed by atoms with Crippen molar-refractivity contribution in [1.29, 1.82) is 0 Å². The number of carboxylic acids is 1. The van der Waals surface area contributed by atoms with Crippen LogP contribution in [0.1, 0.15) is 25.6 Å². The molecule has 2 N–H and O–H groups in total. The highest BCUT2D eigenvalue weighted by Crippen LogP contribution is 2.29. The summed E-state index contributed by atoms with van der Waals surface area (Å²) in [5, 5.41) is 12.1. The van der Waals surface area contributed by atoms with Crippen molar-refractivity contribution in [3.63, 3.8) is 0 Å². The van der Waals surface area contributed by atoms with Gasteiger partial charge in [0.1, 0.15) is 5.00 Å². The van der Waals surface area contributed by atoms with Crippen molar-refractivity contribution in [1.82, 2.24) is 0 Å². The largest absolute Gasteiger partial charge is 0.478 e. The number of nitrogens with one attached hydrogen (secondary N) is 1. The van der Waals surface area contributed by atoms with Crippen LogP contribution in [0.25, 0.3) is 0 Å². The Balaban J connectivity index is 2.32. The molecule has 2 aromatic rings. The molecule has 4 nitrogen and oxygen atoms in total. The van der Waals surface area contributed by atoms with Crippen LogP contribution in [-0.4, -0.2) is 17.0 Å². The third-order valence-electron chi connectivity index (χ3n) is 2.49. The Labute approximate surface area is 141 Å². The fourth-order valence-electron chi connectivity index (χ4n) is 1.61. The van der Waals surface area contributed by atoms with Crippen LogP contribution < -0.4 is 5.32 Å². The summed E-state index contributed by atoms with van der Waals surface area (Å²) in [4.78, 5) is 24.2. The van der Waals surface area contributed by atoms with Crippen LogP contribution in [-0.2, 0) is 0 Å². The number of hydrogen-bond donors (Lipinski definition) is 2. The average molecular weight is 466 g/mol. The molecule has 2 rings (SSSR count). The summed E-state index contributed by atoms with van der Waals surface area (Å²) in [6.07, 6.45) is 0. The molecule has 1 aromatic heterocycles. The van der Waals surface area contributed by atoms with E-state index in [0.717, 1.165) is 8.45 Å². The monoisotopic (exact) mass is 465 g/mol. The van der Waals surface area contributed by atoms with Crippen molar-refractivity contribution in [2.75, 3.05) is 5.32 Å². The van der Waals surface area contributed by atoms with Gasteiger partial charge in [-0.3, -0.25) is 4.79 Å². The molecule has 0 atom stereocenters. The minimum atomic E-state index is -1.05. The van der Waals surface area contributed by atoms with Gasteiger partial charge in [0, 0.05) is 12.9 Å². The summed E-state index contributed by atoms with van der Waals surface area (Å²) in [6.45, 7) is 1.80. The number of amides is 1. The quantitative estimate of drug-likeness (QED) is 0.661. The van der Waals surface area contributed by atoms with Crippen molar-refractivity contribution >= 4 is 66.7 Å². The molecule has 0 saturated carbocycles. The fourth-order valence-corrected chi connectivity index (χ4v) is 3.42. The summed E-state index contributed by atoms with van der Waals surface area (Å²) in [5.41, 5.74) is 0.585. The lowest BCUT2D eigenvalue weighted by atomic mass is 10.2. The van der Waals surface area contributed by atoms with Crippen LogP contribution in [0, 0.1) is 10.5 Å². The Morgan fingerprint density at radius 1 is 1.30 bits per heavy atom. The van der Waals surface area contributed by atoms with E-state index in [0.29, 0.717) is 15.0 Å². The smallest absolute Gasteiger partial charge is 0.338 e. The molecule has 20 heavy (non-hydrogen) atoms. The van der Waals surface area contributed by atoms with Gasteiger partial charge < -0.3 is 10.4 Å². The zero-order chi connectivity index (χ0) is 14.9. The first kappa shape index (κ1) is 15.5. The number of aryl methyl sites for hydroxylation is 1. The van der Waals surface area contributed by atoms with Crippen LogP contribution in [0.3, 0.4) is 0 Å². The standard InChI is InChI=1S/C13H9BrINO3S/c1-6-4-9(13(18)19)12(20-6)16-11(17)8-5-7(15)2-3-10(8)14/h2-5H,1H3,(H,16,17)(H,18,19). The predicted molar refractivity (Wildman–Crippen MR) is 90.8 cm³/mol. The maximum Gasteiger partial charge on any atom is 0.338 e. The van der Waals surface area contributed by atoms with Crippen LogP contribution in [0.4, 0.5) is 5.00 Å². The summed E-state index contributed by atoms with van der Waals surface area (Å²) < 4.78 is 1.59. The van der Waals surface area contributed by atoms with Crippen LogP contribution in [0.15, 0.2) is 28.7 Å².